The summed E-state index contributed by atoms with van der Waals surface area (Å²) in [5.74, 6) is 0.722. The van der Waals surface area contributed by atoms with Gasteiger partial charge in [-0.1, -0.05) is 13.8 Å². The molecule has 2 rings (SSSR count). The summed E-state index contributed by atoms with van der Waals surface area (Å²) in [7, 11) is 0. The summed E-state index contributed by atoms with van der Waals surface area (Å²) in [4.78, 5) is 4.45. The second-order valence-electron chi connectivity index (χ2n) is 4.10. The molecule has 2 aromatic heterocycles. The minimum absolute atomic E-state index is 0.457. The summed E-state index contributed by atoms with van der Waals surface area (Å²) in [6.45, 7) is 6.39. The molecular weight excluding hydrogens is 200 g/mol. The Kier molecular flexibility index (Phi) is 3.08. The molecule has 86 valence electrons. The highest BCUT2D eigenvalue weighted by Crippen LogP contribution is 2.10. The number of hydrogen-bond donors (Lipinski definition) is 1. The number of anilines is 1. The van der Waals surface area contributed by atoms with Gasteiger partial charge in [0, 0.05) is 12.2 Å². The van der Waals surface area contributed by atoms with Gasteiger partial charge < -0.3 is 5.32 Å². The standard InChI is InChI=1S/C12H18N4/c1-4-10(5-2)13-12-14-11-8-9(3)6-7-16(11)15-12/h6-8,10H,4-5H2,1-3H3,(H,13,15). The zero-order chi connectivity index (χ0) is 11.5. The third-order valence-corrected chi connectivity index (χ3v) is 2.81. The van der Waals surface area contributed by atoms with Gasteiger partial charge in [-0.2, -0.15) is 4.98 Å². The number of pyridine rings is 1. The van der Waals surface area contributed by atoms with E-state index in [1.54, 1.807) is 4.52 Å². The van der Waals surface area contributed by atoms with Crippen LogP contribution in [0.2, 0.25) is 0 Å². The zero-order valence-electron chi connectivity index (χ0n) is 10.1. The molecule has 16 heavy (non-hydrogen) atoms. The van der Waals surface area contributed by atoms with Gasteiger partial charge in [-0.3, -0.25) is 0 Å². The molecule has 2 aromatic rings. The molecule has 0 atom stereocenters. The average Bonchev–Trinajstić information content (AvgIpc) is 2.67. The van der Waals surface area contributed by atoms with Crippen LogP contribution in [-0.4, -0.2) is 20.6 Å². The lowest BCUT2D eigenvalue weighted by atomic mass is 10.2. The predicted molar refractivity (Wildman–Crippen MR) is 65.7 cm³/mol. The molecule has 0 bridgehead atoms. The predicted octanol–water partition coefficient (Wildman–Crippen LogP) is 2.64. The maximum absolute atomic E-state index is 4.45. The van der Waals surface area contributed by atoms with Gasteiger partial charge in [0.15, 0.2) is 5.65 Å². The maximum Gasteiger partial charge on any atom is 0.243 e. The third-order valence-electron chi connectivity index (χ3n) is 2.81. The van der Waals surface area contributed by atoms with E-state index < -0.39 is 0 Å². The first-order chi connectivity index (χ1) is 7.72. The van der Waals surface area contributed by atoms with Crippen LogP contribution in [0.25, 0.3) is 5.65 Å². The van der Waals surface area contributed by atoms with Crippen LogP contribution in [0.15, 0.2) is 18.3 Å². The van der Waals surface area contributed by atoms with Crippen molar-refractivity contribution < 1.29 is 0 Å². The van der Waals surface area contributed by atoms with Crippen molar-refractivity contribution in [2.24, 2.45) is 0 Å². The number of nitrogens with one attached hydrogen (secondary N) is 1. The summed E-state index contributed by atoms with van der Waals surface area (Å²) in [5, 5.41) is 7.73. The van der Waals surface area contributed by atoms with Crippen molar-refractivity contribution in [1.82, 2.24) is 14.6 Å². The number of fused-ring (bicyclic) bond motifs is 1. The number of rotatable bonds is 4. The molecule has 4 nitrogen and oxygen atoms in total. The molecule has 0 spiro atoms. The van der Waals surface area contributed by atoms with E-state index >= 15 is 0 Å². The van der Waals surface area contributed by atoms with E-state index in [9.17, 15) is 0 Å². The molecule has 0 fully saturated rings. The summed E-state index contributed by atoms with van der Waals surface area (Å²) in [6, 6.07) is 4.52. The van der Waals surface area contributed by atoms with Crippen LogP contribution in [0.5, 0.6) is 0 Å². The smallest absolute Gasteiger partial charge is 0.243 e. The largest absolute Gasteiger partial charge is 0.350 e. The highest BCUT2D eigenvalue weighted by Gasteiger charge is 2.07. The first kappa shape index (κ1) is 10.9. The van der Waals surface area contributed by atoms with Crippen LogP contribution in [-0.2, 0) is 0 Å². The lowest BCUT2D eigenvalue weighted by molar-refractivity contribution is 0.664. The summed E-state index contributed by atoms with van der Waals surface area (Å²) < 4.78 is 1.80. The highest BCUT2D eigenvalue weighted by atomic mass is 15.3. The Balaban J connectivity index is 2.25. The first-order valence-electron chi connectivity index (χ1n) is 5.82. The van der Waals surface area contributed by atoms with E-state index in [0.29, 0.717) is 6.04 Å². The number of hydrogen-bond acceptors (Lipinski definition) is 3. The van der Waals surface area contributed by atoms with Gasteiger partial charge >= 0.3 is 0 Å². The highest BCUT2D eigenvalue weighted by molar-refractivity contribution is 5.45. The van der Waals surface area contributed by atoms with E-state index in [-0.39, 0.29) is 0 Å². The molecule has 0 radical (unpaired) electrons. The Morgan fingerprint density at radius 3 is 2.81 bits per heavy atom. The van der Waals surface area contributed by atoms with E-state index in [0.717, 1.165) is 24.4 Å². The third kappa shape index (κ3) is 2.15. The SMILES string of the molecule is CCC(CC)Nc1nc2cc(C)ccn2n1. The molecule has 0 saturated carbocycles. The van der Waals surface area contributed by atoms with Gasteiger partial charge in [0.25, 0.3) is 0 Å². The molecule has 0 amide bonds. The fraction of sp³-hybridized carbons (Fsp3) is 0.500. The van der Waals surface area contributed by atoms with Crippen molar-refractivity contribution in [1.29, 1.82) is 0 Å². The Bertz CT molecular complexity index is 471. The van der Waals surface area contributed by atoms with Crippen molar-refractivity contribution >= 4 is 11.6 Å². The normalized spacial score (nSPS) is 11.2. The van der Waals surface area contributed by atoms with Crippen molar-refractivity contribution in [3.63, 3.8) is 0 Å². The summed E-state index contributed by atoms with van der Waals surface area (Å²) in [5.41, 5.74) is 2.10. The van der Waals surface area contributed by atoms with Crippen molar-refractivity contribution in [3.05, 3.63) is 23.9 Å². The van der Waals surface area contributed by atoms with Crippen LogP contribution >= 0.6 is 0 Å². The second-order valence-corrected chi connectivity index (χ2v) is 4.10. The van der Waals surface area contributed by atoms with E-state index in [2.05, 4.69) is 36.2 Å². The average molecular weight is 218 g/mol. The van der Waals surface area contributed by atoms with Gasteiger partial charge in [-0.25, -0.2) is 4.52 Å². The topological polar surface area (TPSA) is 42.2 Å². The molecule has 1 N–H and O–H groups in total. The lowest BCUT2D eigenvalue weighted by Crippen LogP contribution is -2.17. The molecule has 0 aliphatic carbocycles. The van der Waals surface area contributed by atoms with Crippen LogP contribution < -0.4 is 5.32 Å². The van der Waals surface area contributed by atoms with Crippen LogP contribution in [0.4, 0.5) is 5.95 Å². The van der Waals surface area contributed by atoms with Gasteiger partial charge in [0.1, 0.15) is 0 Å². The molecule has 2 heterocycles. The molecule has 0 aliphatic rings. The van der Waals surface area contributed by atoms with Gasteiger partial charge in [-0.15, -0.1) is 5.10 Å². The molecule has 0 unspecified atom stereocenters. The Hall–Kier alpha value is -1.58. The van der Waals surface area contributed by atoms with Gasteiger partial charge in [-0.05, 0) is 37.5 Å². The Labute approximate surface area is 95.7 Å². The van der Waals surface area contributed by atoms with Gasteiger partial charge in [0.2, 0.25) is 5.95 Å². The molecule has 4 heteroatoms. The molecule has 0 saturated heterocycles. The van der Waals surface area contributed by atoms with E-state index in [4.69, 9.17) is 0 Å². The second kappa shape index (κ2) is 4.51. The fourth-order valence-electron chi connectivity index (χ4n) is 1.72. The van der Waals surface area contributed by atoms with Crippen molar-refractivity contribution in [3.8, 4) is 0 Å². The van der Waals surface area contributed by atoms with Gasteiger partial charge in [0.05, 0.1) is 0 Å². The Morgan fingerprint density at radius 2 is 2.12 bits per heavy atom. The quantitative estimate of drug-likeness (QED) is 0.857. The molecule has 0 aromatic carbocycles. The minimum Gasteiger partial charge on any atom is -0.350 e. The van der Waals surface area contributed by atoms with Crippen LogP contribution in [0, 0.1) is 6.92 Å². The fourth-order valence-corrected chi connectivity index (χ4v) is 1.72. The zero-order valence-corrected chi connectivity index (χ0v) is 10.1. The lowest BCUT2D eigenvalue weighted by Gasteiger charge is -2.11. The van der Waals surface area contributed by atoms with Crippen molar-refractivity contribution in [2.45, 2.75) is 39.7 Å². The van der Waals surface area contributed by atoms with Crippen molar-refractivity contribution in [2.75, 3.05) is 5.32 Å². The van der Waals surface area contributed by atoms with Crippen LogP contribution in [0.1, 0.15) is 32.3 Å². The first-order valence-corrected chi connectivity index (χ1v) is 5.82. The molecule has 0 aliphatic heterocycles. The minimum atomic E-state index is 0.457. The van der Waals surface area contributed by atoms with Crippen LogP contribution in [0.3, 0.4) is 0 Å². The maximum atomic E-state index is 4.45. The van der Waals surface area contributed by atoms with E-state index in [1.165, 1.54) is 5.56 Å². The molecular formula is C12H18N4. The monoisotopic (exact) mass is 218 g/mol. The number of aromatic nitrogens is 3. The number of aryl methyl sites for hydroxylation is 1. The Morgan fingerprint density at radius 1 is 1.38 bits per heavy atom. The summed E-state index contributed by atoms with van der Waals surface area (Å²) >= 11 is 0. The summed E-state index contributed by atoms with van der Waals surface area (Å²) in [6.07, 6.45) is 4.12. The van der Waals surface area contributed by atoms with E-state index in [1.807, 2.05) is 18.3 Å². The number of nitrogens with zero attached hydrogens (tertiary/aromatic N) is 3.